The number of nitrogens with two attached hydrogens (primary N) is 1. The lowest BCUT2D eigenvalue weighted by Gasteiger charge is -2.04. The van der Waals surface area contributed by atoms with Crippen LogP contribution in [0, 0.1) is 12.3 Å². The summed E-state index contributed by atoms with van der Waals surface area (Å²) in [5.74, 6) is 2.98. The maximum Gasteiger partial charge on any atom is 0.332 e. The third-order valence-corrected chi connectivity index (χ3v) is 2.39. The maximum atomic E-state index is 10.4. The van der Waals surface area contributed by atoms with Gasteiger partial charge in [-0.15, -0.1) is 6.42 Å². The molecule has 0 aliphatic rings. The minimum Gasteiger partial charge on any atom is -0.481 e. The van der Waals surface area contributed by atoms with Gasteiger partial charge in [0.2, 0.25) is 0 Å². The number of terminal acetylenes is 1. The number of amides is 2. The van der Waals surface area contributed by atoms with Gasteiger partial charge in [0.15, 0.2) is 0 Å². The van der Waals surface area contributed by atoms with E-state index in [1.807, 2.05) is 0 Å². The number of rotatable bonds is 4. The fourth-order valence-electron chi connectivity index (χ4n) is 1.00. The lowest BCUT2D eigenvalue weighted by atomic mass is 10.2. The topological polar surface area (TPSA) is 76.7 Å². The molecule has 1 aromatic rings. The summed E-state index contributed by atoms with van der Waals surface area (Å²) in [7, 11) is 0. The molecule has 0 aromatic heterocycles. The molecular weight excluding hydrogens is 286 g/mol. The summed E-state index contributed by atoms with van der Waals surface area (Å²) in [6, 6.07) is 4.56. The van der Waals surface area contributed by atoms with Crippen molar-refractivity contribution in [1.29, 1.82) is 0 Å². The second-order valence-electron chi connectivity index (χ2n) is 2.91. The second-order valence-corrected chi connectivity index (χ2v) is 3.76. The van der Waals surface area contributed by atoms with Crippen molar-refractivity contribution in [2.45, 2.75) is 0 Å². The average Bonchev–Trinajstić information content (AvgIpc) is 2.29. The predicted molar refractivity (Wildman–Crippen MR) is 68.8 cm³/mol. The van der Waals surface area contributed by atoms with Crippen LogP contribution in [0.2, 0.25) is 0 Å². The maximum absolute atomic E-state index is 10.4. The first kappa shape index (κ1) is 13.1. The number of halogens is 1. The van der Waals surface area contributed by atoms with Crippen LogP contribution in [0.15, 0.2) is 27.8 Å². The number of nitrogens with zero attached hydrogens (tertiary/aromatic N) is 1. The van der Waals surface area contributed by atoms with Gasteiger partial charge in [0.1, 0.15) is 12.4 Å². The van der Waals surface area contributed by atoms with Crippen LogP contribution >= 0.6 is 15.9 Å². The molecule has 0 aliphatic carbocycles. The smallest absolute Gasteiger partial charge is 0.332 e. The number of hydrogen-bond donors (Lipinski definition) is 2. The van der Waals surface area contributed by atoms with Crippen molar-refractivity contribution in [3.8, 4) is 18.1 Å². The third kappa shape index (κ3) is 4.57. The first-order valence-corrected chi connectivity index (χ1v) is 5.37. The molecular formula is C11H10BrN3O2. The Balaban J connectivity index is 2.80. The van der Waals surface area contributed by atoms with E-state index in [1.54, 1.807) is 18.2 Å². The van der Waals surface area contributed by atoms with Crippen LogP contribution in [0.5, 0.6) is 5.75 Å². The quantitative estimate of drug-likeness (QED) is 0.501. The Morgan fingerprint density at radius 3 is 3.12 bits per heavy atom. The molecule has 0 unspecified atom stereocenters. The molecule has 2 amide bonds. The lowest BCUT2D eigenvalue weighted by molar-refractivity contribution is 0.249. The van der Waals surface area contributed by atoms with Crippen LogP contribution in [-0.2, 0) is 0 Å². The van der Waals surface area contributed by atoms with Gasteiger partial charge in [0, 0.05) is 10.0 Å². The Morgan fingerprint density at radius 2 is 2.47 bits per heavy atom. The van der Waals surface area contributed by atoms with Gasteiger partial charge in [-0.05, 0) is 18.2 Å². The molecule has 17 heavy (non-hydrogen) atoms. The van der Waals surface area contributed by atoms with Crippen molar-refractivity contribution in [2.75, 3.05) is 6.61 Å². The molecule has 1 aromatic carbocycles. The van der Waals surface area contributed by atoms with Crippen LogP contribution in [0.4, 0.5) is 4.79 Å². The predicted octanol–water partition coefficient (Wildman–Crippen LogP) is 1.46. The zero-order valence-electron chi connectivity index (χ0n) is 8.81. The van der Waals surface area contributed by atoms with Crippen molar-refractivity contribution < 1.29 is 9.53 Å². The monoisotopic (exact) mass is 295 g/mol. The number of ether oxygens (including phenoxy) is 1. The molecule has 0 heterocycles. The Hall–Kier alpha value is -2.00. The number of benzene rings is 1. The summed E-state index contributed by atoms with van der Waals surface area (Å²) in [6.07, 6.45) is 6.53. The minimum absolute atomic E-state index is 0.192. The van der Waals surface area contributed by atoms with Gasteiger partial charge in [-0.25, -0.2) is 10.2 Å². The van der Waals surface area contributed by atoms with Gasteiger partial charge >= 0.3 is 6.03 Å². The normalized spacial score (nSPS) is 9.88. The Bertz CT molecular complexity index is 480. The summed E-state index contributed by atoms with van der Waals surface area (Å²) >= 11 is 3.33. The van der Waals surface area contributed by atoms with E-state index < -0.39 is 6.03 Å². The fraction of sp³-hybridized carbons (Fsp3) is 0.0909. The van der Waals surface area contributed by atoms with Crippen molar-refractivity contribution in [3.05, 3.63) is 28.2 Å². The van der Waals surface area contributed by atoms with Crippen LogP contribution in [0.1, 0.15) is 5.56 Å². The second kappa shape index (κ2) is 6.55. The number of primary amides is 1. The summed E-state index contributed by atoms with van der Waals surface area (Å²) in [5.41, 5.74) is 7.70. The van der Waals surface area contributed by atoms with Gasteiger partial charge < -0.3 is 10.5 Å². The van der Waals surface area contributed by atoms with E-state index >= 15 is 0 Å². The first-order chi connectivity index (χ1) is 8.13. The van der Waals surface area contributed by atoms with E-state index in [1.165, 1.54) is 6.21 Å². The molecule has 0 aliphatic heterocycles. The molecule has 0 saturated heterocycles. The average molecular weight is 296 g/mol. The van der Waals surface area contributed by atoms with Gasteiger partial charge in [-0.3, -0.25) is 0 Å². The van der Waals surface area contributed by atoms with Crippen LogP contribution in [-0.4, -0.2) is 18.9 Å². The number of hydrazone groups is 1. The van der Waals surface area contributed by atoms with Gasteiger partial charge in [-0.1, -0.05) is 21.9 Å². The Labute approximate surface area is 107 Å². The van der Waals surface area contributed by atoms with E-state index in [-0.39, 0.29) is 6.61 Å². The highest BCUT2D eigenvalue weighted by Gasteiger charge is 2.00. The highest BCUT2D eigenvalue weighted by atomic mass is 79.9. The van der Waals surface area contributed by atoms with Crippen LogP contribution < -0.4 is 15.9 Å². The van der Waals surface area contributed by atoms with E-state index in [0.29, 0.717) is 5.75 Å². The van der Waals surface area contributed by atoms with E-state index in [2.05, 4.69) is 32.4 Å². The lowest BCUT2D eigenvalue weighted by Crippen LogP contribution is -2.24. The highest BCUT2D eigenvalue weighted by Crippen LogP contribution is 2.21. The van der Waals surface area contributed by atoms with Crippen molar-refractivity contribution in [3.63, 3.8) is 0 Å². The molecule has 0 radical (unpaired) electrons. The molecule has 3 N–H and O–H groups in total. The largest absolute Gasteiger partial charge is 0.481 e. The number of nitrogens with one attached hydrogen (secondary N) is 1. The highest BCUT2D eigenvalue weighted by molar-refractivity contribution is 9.10. The molecule has 0 saturated carbocycles. The Kier molecular flexibility index (Phi) is 5.04. The number of urea groups is 1. The van der Waals surface area contributed by atoms with E-state index in [0.717, 1.165) is 10.0 Å². The van der Waals surface area contributed by atoms with Crippen molar-refractivity contribution in [2.24, 2.45) is 10.8 Å². The first-order valence-electron chi connectivity index (χ1n) is 4.58. The van der Waals surface area contributed by atoms with Crippen LogP contribution in [0.3, 0.4) is 0 Å². The number of carbonyl (C=O) groups excluding carboxylic acids is 1. The fourth-order valence-corrected chi connectivity index (χ4v) is 1.35. The zero-order chi connectivity index (χ0) is 12.7. The third-order valence-electron chi connectivity index (χ3n) is 1.67. The van der Waals surface area contributed by atoms with E-state index in [4.69, 9.17) is 16.9 Å². The summed E-state index contributed by atoms with van der Waals surface area (Å²) in [5, 5.41) is 3.65. The number of hydrogen-bond acceptors (Lipinski definition) is 3. The minimum atomic E-state index is -0.725. The van der Waals surface area contributed by atoms with Gasteiger partial charge in [-0.2, -0.15) is 5.10 Å². The summed E-state index contributed by atoms with van der Waals surface area (Å²) in [4.78, 5) is 10.4. The van der Waals surface area contributed by atoms with Gasteiger partial charge in [0.25, 0.3) is 0 Å². The van der Waals surface area contributed by atoms with Crippen LogP contribution in [0.25, 0.3) is 0 Å². The zero-order valence-corrected chi connectivity index (χ0v) is 10.4. The molecule has 0 bridgehead atoms. The molecule has 0 atom stereocenters. The molecule has 0 spiro atoms. The standard InChI is InChI=1S/C11H10BrN3O2/c1-2-5-17-9-3-4-10(12)8(6-9)7-14-15-11(13)16/h1,3-4,6-7H,5H2,(H3,13,15,16). The van der Waals surface area contributed by atoms with Crippen molar-refractivity contribution >= 4 is 28.2 Å². The summed E-state index contributed by atoms with van der Waals surface area (Å²) < 4.78 is 6.05. The Morgan fingerprint density at radius 1 is 1.71 bits per heavy atom. The molecule has 0 fully saturated rings. The molecule has 6 heteroatoms. The number of carbonyl (C=O) groups is 1. The van der Waals surface area contributed by atoms with E-state index in [9.17, 15) is 4.79 Å². The molecule has 1 rings (SSSR count). The van der Waals surface area contributed by atoms with Gasteiger partial charge in [0.05, 0.1) is 6.21 Å². The molecule has 88 valence electrons. The summed E-state index contributed by atoms with van der Waals surface area (Å²) in [6.45, 7) is 0.192. The van der Waals surface area contributed by atoms with Crippen molar-refractivity contribution in [1.82, 2.24) is 5.43 Å². The molecule has 5 nitrogen and oxygen atoms in total. The SMILES string of the molecule is C#CCOc1ccc(Br)c(C=NNC(N)=O)c1.